The number of methoxy groups -OCH3 is 1. The number of hydrogen-bond donors (Lipinski definition) is 3. The van der Waals surface area contributed by atoms with Crippen LogP contribution in [0.5, 0.6) is 0 Å². The second-order valence-electron chi connectivity index (χ2n) is 5.93. The Hall–Kier alpha value is -2.90. The van der Waals surface area contributed by atoms with E-state index >= 15 is 0 Å². The molecule has 0 aliphatic rings. The van der Waals surface area contributed by atoms with Crippen molar-refractivity contribution < 1.29 is 19.1 Å². The molecule has 1 unspecified atom stereocenters. The summed E-state index contributed by atoms with van der Waals surface area (Å²) in [6, 6.07) is 15.5. The third-order valence-electron chi connectivity index (χ3n) is 3.91. The maximum atomic E-state index is 12.1. The third kappa shape index (κ3) is 7.38. The molecule has 2 aromatic rings. The fourth-order valence-corrected chi connectivity index (χ4v) is 2.42. The monoisotopic (exact) mass is 405 g/mol. The van der Waals surface area contributed by atoms with Gasteiger partial charge in [0, 0.05) is 30.3 Å². The van der Waals surface area contributed by atoms with Crippen LogP contribution in [0.25, 0.3) is 0 Å². The quantitative estimate of drug-likeness (QED) is 0.584. The molecule has 0 aliphatic carbocycles. The lowest BCUT2D eigenvalue weighted by Crippen LogP contribution is -2.26. The van der Waals surface area contributed by atoms with Crippen LogP contribution in [0.2, 0.25) is 0 Å². The van der Waals surface area contributed by atoms with Crippen LogP contribution in [-0.4, -0.2) is 31.4 Å². The van der Waals surface area contributed by atoms with Crippen LogP contribution in [0.15, 0.2) is 54.6 Å². The Morgan fingerprint density at radius 2 is 1.68 bits per heavy atom. The van der Waals surface area contributed by atoms with Gasteiger partial charge in [-0.15, -0.1) is 12.4 Å². The zero-order valence-electron chi connectivity index (χ0n) is 15.5. The molecule has 4 N–H and O–H groups in total. The van der Waals surface area contributed by atoms with E-state index in [1.807, 2.05) is 30.3 Å². The van der Waals surface area contributed by atoms with Gasteiger partial charge >= 0.3 is 5.97 Å². The summed E-state index contributed by atoms with van der Waals surface area (Å²) >= 11 is 0. The van der Waals surface area contributed by atoms with Crippen molar-refractivity contribution in [3.05, 3.63) is 65.7 Å². The predicted molar refractivity (Wildman–Crippen MR) is 109 cm³/mol. The molecule has 2 rings (SSSR count). The van der Waals surface area contributed by atoms with Crippen molar-refractivity contribution in [3.8, 4) is 0 Å². The molecule has 2 amide bonds. The Balaban J connectivity index is 0.00000392. The van der Waals surface area contributed by atoms with E-state index in [1.54, 1.807) is 24.3 Å². The van der Waals surface area contributed by atoms with Crippen molar-refractivity contribution in [1.29, 1.82) is 0 Å². The number of nitrogens with one attached hydrogen (secondary N) is 2. The van der Waals surface area contributed by atoms with Gasteiger partial charge in [-0.05, 0) is 29.8 Å². The summed E-state index contributed by atoms with van der Waals surface area (Å²) in [4.78, 5) is 35.1. The first-order chi connectivity index (χ1) is 13.0. The van der Waals surface area contributed by atoms with Gasteiger partial charge < -0.3 is 21.1 Å². The van der Waals surface area contributed by atoms with E-state index in [9.17, 15) is 14.4 Å². The van der Waals surface area contributed by atoms with Crippen molar-refractivity contribution in [3.63, 3.8) is 0 Å². The number of carbonyl (C=O) groups is 3. The third-order valence-corrected chi connectivity index (χ3v) is 3.91. The molecule has 150 valence electrons. The number of amides is 2. The highest BCUT2D eigenvalue weighted by Crippen LogP contribution is 2.15. The molecule has 0 fully saturated rings. The summed E-state index contributed by atoms with van der Waals surface area (Å²) in [6.07, 6.45) is 0.262. The van der Waals surface area contributed by atoms with Gasteiger partial charge in [0.15, 0.2) is 0 Å². The van der Waals surface area contributed by atoms with Gasteiger partial charge in [-0.25, -0.2) is 0 Å². The first-order valence-corrected chi connectivity index (χ1v) is 8.55. The second-order valence-corrected chi connectivity index (χ2v) is 5.93. The molecule has 0 heterocycles. The topological polar surface area (TPSA) is 111 Å². The van der Waals surface area contributed by atoms with Crippen molar-refractivity contribution in [1.82, 2.24) is 5.32 Å². The van der Waals surface area contributed by atoms with E-state index in [-0.39, 0.29) is 55.6 Å². The summed E-state index contributed by atoms with van der Waals surface area (Å²) in [5.74, 6) is -0.897. The number of rotatable bonds is 8. The van der Waals surface area contributed by atoms with E-state index in [0.29, 0.717) is 11.3 Å². The minimum atomic E-state index is -0.387. The van der Waals surface area contributed by atoms with Crippen molar-refractivity contribution in [2.75, 3.05) is 19.0 Å². The number of benzene rings is 2. The summed E-state index contributed by atoms with van der Waals surface area (Å²) in [5.41, 5.74) is 7.94. The number of ether oxygens (including phenoxy) is 1. The minimum absolute atomic E-state index is 0. The van der Waals surface area contributed by atoms with Crippen LogP contribution < -0.4 is 16.4 Å². The molecule has 1 atom stereocenters. The fourth-order valence-electron chi connectivity index (χ4n) is 2.42. The van der Waals surface area contributed by atoms with E-state index in [1.165, 1.54) is 7.11 Å². The molecule has 0 spiro atoms. The Morgan fingerprint density at radius 1 is 1.04 bits per heavy atom. The first-order valence-electron chi connectivity index (χ1n) is 8.55. The summed E-state index contributed by atoms with van der Waals surface area (Å²) < 4.78 is 4.51. The predicted octanol–water partition coefficient (Wildman–Crippen LogP) is 2.43. The second kappa shape index (κ2) is 11.7. The maximum Gasteiger partial charge on any atom is 0.307 e. The van der Waals surface area contributed by atoms with Crippen molar-refractivity contribution in [2.24, 2.45) is 5.73 Å². The minimum Gasteiger partial charge on any atom is -0.469 e. The van der Waals surface area contributed by atoms with Gasteiger partial charge in [-0.3, -0.25) is 14.4 Å². The molecule has 2 aromatic carbocycles. The number of anilines is 1. The zero-order chi connectivity index (χ0) is 19.6. The summed E-state index contributed by atoms with van der Waals surface area (Å²) in [5, 5.41) is 5.39. The van der Waals surface area contributed by atoms with E-state index in [2.05, 4.69) is 15.4 Å². The molecule has 0 saturated heterocycles. The van der Waals surface area contributed by atoms with Gasteiger partial charge in [0.2, 0.25) is 5.91 Å². The number of carbonyl (C=O) groups excluding carboxylic acids is 3. The average molecular weight is 406 g/mol. The van der Waals surface area contributed by atoms with Gasteiger partial charge in [-0.1, -0.05) is 30.3 Å². The summed E-state index contributed by atoms with van der Waals surface area (Å²) in [7, 11) is 1.30. The van der Waals surface area contributed by atoms with E-state index < -0.39 is 0 Å². The first kappa shape index (κ1) is 23.1. The molecule has 0 aliphatic heterocycles. The van der Waals surface area contributed by atoms with Gasteiger partial charge in [-0.2, -0.15) is 0 Å². The van der Waals surface area contributed by atoms with Crippen LogP contribution in [0.3, 0.4) is 0 Å². The SMILES string of the molecule is COC(=O)CCNC(=O)c1ccc(NC(=O)CC(N)c2ccccc2)cc1.Cl. The number of esters is 1. The van der Waals surface area contributed by atoms with Gasteiger partial charge in [0.1, 0.15) is 0 Å². The highest BCUT2D eigenvalue weighted by atomic mass is 35.5. The van der Waals surface area contributed by atoms with Crippen molar-refractivity contribution >= 4 is 35.9 Å². The normalized spacial score (nSPS) is 10.9. The average Bonchev–Trinajstić information content (AvgIpc) is 2.68. The lowest BCUT2D eigenvalue weighted by molar-refractivity contribution is -0.140. The van der Waals surface area contributed by atoms with E-state index in [4.69, 9.17) is 5.73 Å². The van der Waals surface area contributed by atoms with Crippen LogP contribution in [0, 0.1) is 0 Å². The fraction of sp³-hybridized carbons (Fsp3) is 0.250. The molecular formula is C20H24ClN3O4. The Labute approximate surface area is 170 Å². The Morgan fingerprint density at radius 3 is 2.29 bits per heavy atom. The van der Waals surface area contributed by atoms with Gasteiger partial charge in [0.25, 0.3) is 5.91 Å². The molecule has 0 aromatic heterocycles. The molecule has 0 bridgehead atoms. The largest absolute Gasteiger partial charge is 0.469 e. The van der Waals surface area contributed by atoms with Crippen LogP contribution in [0.4, 0.5) is 5.69 Å². The smallest absolute Gasteiger partial charge is 0.307 e. The number of halogens is 1. The molecule has 0 radical (unpaired) electrons. The van der Waals surface area contributed by atoms with E-state index in [0.717, 1.165) is 5.56 Å². The maximum absolute atomic E-state index is 12.1. The van der Waals surface area contributed by atoms with Crippen LogP contribution in [-0.2, 0) is 14.3 Å². The number of nitrogens with two attached hydrogens (primary N) is 1. The molecule has 28 heavy (non-hydrogen) atoms. The zero-order valence-corrected chi connectivity index (χ0v) is 16.3. The molecule has 8 heteroatoms. The highest BCUT2D eigenvalue weighted by Gasteiger charge is 2.12. The highest BCUT2D eigenvalue weighted by molar-refractivity contribution is 5.96. The summed E-state index contributed by atoms with van der Waals surface area (Å²) in [6.45, 7) is 0.196. The number of hydrogen-bond acceptors (Lipinski definition) is 5. The molecule has 7 nitrogen and oxygen atoms in total. The van der Waals surface area contributed by atoms with Crippen LogP contribution in [0.1, 0.15) is 34.8 Å². The molecule has 0 saturated carbocycles. The Kier molecular flexibility index (Phi) is 9.70. The van der Waals surface area contributed by atoms with Crippen LogP contribution >= 0.6 is 12.4 Å². The van der Waals surface area contributed by atoms with Crippen molar-refractivity contribution in [2.45, 2.75) is 18.9 Å². The van der Waals surface area contributed by atoms with Gasteiger partial charge in [0.05, 0.1) is 13.5 Å². The standard InChI is InChI=1S/C20H23N3O4.ClH/c1-27-19(25)11-12-22-20(26)15-7-9-16(10-8-15)23-18(24)13-17(21)14-5-3-2-4-6-14;/h2-10,17H,11-13,21H2,1H3,(H,22,26)(H,23,24);1H. The molecular weight excluding hydrogens is 382 g/mol. The lowest BCUT2D eigenvalue weighted by Gasteiger charge is -2.12. The Bertz CT molecular complexity index is 782. The lowest BCUT2D eigenvalue weighted by atomic mass is 10.0.